The first kappa shape index (κ1) is 18.4. The average Bonchev–Trinajstić information content (AvgIpc) is 2.48. The Hall–Kier alpha value is 0.0400. The van der Waals surface area contributed by atoms with Gasteiger partial charge in [-0.05, 0) is 30.4 Å². The van der Waals surface area contributed by atoms with E-state index in [1.807, 2.05) is 24.3 Å². The molecule has 122 valence electrons. The van der Waals surface area contributed by atoms with Crippen LogP contribution in [0.15, 0.2) is 28.7 Å². The maximum atomic E-state index is 12.6. The number of halogens is 4. The first-order valence-corrected chi connectivity index (χ1v) is 9.29. The van der Waals surface area contributed by atoms with Crippen LogP contribution in [0.2, 0.25) is 0 Å². The predicted molar refractivity (Wildman–Crippen MR) is 94.7 cm³/mol. The van der Waals surface area contributed by atoms with Crippen molar-refractivity contribution in [1.29, 1.82) is 0 Å². The summed E-state index contributed by atoms with van der Waals surface area (Å²) in [5, 5.41) is 0. The van der Waals surface area contributed by atoms with Crippen LogP contribution in [0, 0.1) is 5.92 Å². The van der Waals surface area contributed by atoms with Crippen LogP contribution in [0.25, 0.3) is 0 Å². The molecule has 0 radical (unpaired) electrons. The number of hydrogen-bond acceptors (Lipinski definition) is 2. The highest BCUT2D eigenvalue weighted by atomic mass is 79.9. The summed E-state index contributed by atoms with van der Waals surface area (Å²) < 4.78 is 4.61. The molecule has 0 aromatic heterocycles. The Bertz CT molecular complexity index is 510. The minimum Gasteiger partial charge on any atom is -0.461 e. The highest BCUT2D eigenvalue weighted by Gasteiger charge is 2.34. The molecule has 0 aliphatic heterocycles. The van der Waals surface area contributed by atoms with E-state index >= 15 is 0 Å². The Kier molecular flexibility index (Phi) is 6.88. The van der Waals surface area contributed by atoms with Crippen molar-refractivity contribution in [3.05, 3.63) is 34.3 Å². The lowest BCUT2D eigenvalue weighted by molar-refractivity contribution is -0.147. The van der Waals surface area contributed by atoms with Gasteiger partial charge in [0.15, 0.2) is 0 Å². The topological polar surface area (TPSA) is 26.3 Å². The van der Waals surface area contributed by atoms with Crippen LogP contribution in [0.3, 0.4) is 0 Å². The van der Waals surface area contributed by atoms with Crippen LogP contribution >= 0.6 is 50.7 Å². The highest BCUT2D eigenvalue weighted by molar-refractivity contribution is 9.10. The van der Waals surface area contributed by atoms with Crippen molar-refractivity contribution in [2.45, 2.75) is 41.8 Å². The molecule has 22 heavy (non-hydrogen) atoms. The first-order chi connectivity index (χ1) is 10.4. The van der Waals surface area contributed by atoms with Crippen LogP contribution in [-0.2, 0) is 9.53 Å². The summed E-state index contributed by atoms with van der Waals surface area (Å²) in [7, 11) is 0. The van der Waals surface area contributed by atoms with Gasteiger partial charge in [-0.15, -0.1) is 0 Å². The van der Waals surface area contributed by atoms with Gasteiger partial charge in [-0.3, -0.25) is 4.79 Å². The third kappa shape index (κ3) is 5.30. The van der Waals surface area contributed by atoms with E-state index in [-0.39, 0.29) is 24.4 Å². The zero-order valence-electron chi connectivity index (χ0n) is 12.0. The van der Waals surface area contributed by atoms with E-state index in [9.17, 15) is 4.79 Å². The van der Waals surface area contributed by atoms with Crippen LogP contribution in [0.1, 0.15) is 43.6 Å². The molecule has 6 heteroatoms. The first-order valence-electron chi connectivity index (χ1n) is 7.36. The second-order valence-electron chi connectivity index (χ2n) is 5.62. The van der Waals surface area contributed by atoms with Crippen molar-refractivity contribution >= 4 is 56.7 Å². The standard InChI is InChI=1S/C16H18BrCl3O2/c17-13-9-5-4-8-12(13)14(11-6-2-1-3-7-11)15(21)22-10-16(18,19)20/h4-5,8-9,11,14H,1-3,6-7,10H2. The fraction of sp³-hybridized carbons (Fsp3) is 0.562. The minimum absolute atomic E-state index is 0.232. The molecule has 1 aromatic rings. The van der Waals surface area contributed by atoms with E-state index in [0.717, 1.165) is 35.7 Å². The molecule has 0 bridgehead atoms. The van der Waals surface area contributed by atoms with Gasteiger partial charge >= 0.3 is 5.97 Å². The van der Waals surface area contributed by atoms with Gasteiger partial charge in [0.1, 0.15) is 6.61 Å². The summed E-state index contributed by atoms with van der Waals surface area (Å²) in [6.45, 7) is -0.232. The molecule has 1 unspecified atom stereocenters. The molecule has 0 amide bonds. The molecule has 1 atom stereocenters. The third-order valence-electron chi connectivity index (χ3n) is 3.99. The number of rotatable bonds is 4. The van der Waals surface area contributed by atoms with Crippen LogP contribution in [0.5, 0.6) is 0 Å². The average molecular weight is 429 g/mol. The number of hydrogen-bond donors (Lipinski definition) is 0. The lowest BCUT2D eigenvalue weighted by Gasteiger charge is -2.30. The number of alkyl halides is 3. The third-order valence-corrected chi connectivity index (χ3v) is 5.04. The lowest BCUT2D eigenvalue weighted by atomic mass is 9.77. The fourth-order valence-electron chi connectivity index (χ4n) is 3.01. The molecular formula is C16H18BrCl3O2. The molecule has 0 saturated heterocycles. The second-order valence-corrected chi connectivity index (χ2v) is 8.99. The quantitative estimate of drug-likeness (QED) is 0.433. The van der Waals surface area contributed by atoms with Gasteiger partial charge in [0, 0.05) is 4.47 Å². The molecule has 1 aliphatic carbocycles. The van der Waals surface area contributed by atoms with Crippen molar-refractivity contribution in [2.75, 3.05) is 6.61 Å². The maximum absolute atomic E-state index is 12.6. The molecule has 1 aromatic carbocycles. The van der Waals surface area contributed by atoms with E-state index < -0.39 is 3.79 Å². The summed E-state index contributed by atoms with van der Waals surface area (Å²) in [6.07, 6.45) is 5.55. The van der Waals surface area contributed by atoms with E-state index in [1.54, 1.807) is 0 Å². The Labute approximate surface area is 154 Å². The smallest absolute Gasteiger partial charge is 0.313 e. The lowest BCUT2D eigenvalue weighted by Crippen LogP contribution is -2.28. The zero-order chi connectivity index (χ0) is 16.2. The van der Waals surface area contributed by atoms with Crippen LogP contribution in [0.4, 0.5) is 0 Å². The summed E-state index contributed by atoms with van der Waals surface area (Å²) in [6, 6.07) is 7.75. The van der Waals surface area contributed by atoms with Gasteiger partial charge in [0.05, 0.1) is 5.92 Å². The fourth-order valence-corrected chi connectivity index (χ4v) is 3.71. The number of ether oxygens (including phenoxy) is 1. The number of carbonyl (C=O) groups is 1. The van der Waals surface area contributed by atoms with Gasteiger partial charge in [-0.1, -0.05) is 88.2 Å². The molecule has 0 N–H and O–H groups in total. The Morgan fingerprint density at radius 3 is 2.45 bits per heavy atom. The van der Waals surface area contributed by atoms with Crippen LogP contribution in [-0.4, -0.2) is 16.4 Å². The normalized spacial score (nSPS) is 18.0. The molecule has 2 nitrogen and oxygen atoms in total. The van der Waals surface area contributed by atoms with E-state index in [0.29, 0.717) is 0 Å². The summed E-state index contributed by atoms with van der Waals surface area (Å²) in [5.74, 6) is -0.358. The largest absolute Gasteiger partial charge is 0.461 e. The monoisotopic (exact) mass is 426 g/mol. The molecule has 1 saturated carbocycles. The Morgan fingerprint density at radius 1 is 1.23 bits per heavy atom. The number of carbonyl (C=O) groups excluding carboxylic acids is 1. The van der Waals surface area contributed by atoms with Gasteiger partial charge < -0.3 is 4.74 Å². The van der Waals surface area contributed by atoms with E-state index in [2.05, 4.69) is 15.9 Å². The van der Waals surface area contributed by atoms with Crippen molar-refractivity contribution < 1.29 is 9.53 Å². The molecular weight excluding hydrogens is 410 g/mol. The van der Waals surface area contributed by atoms with Crippen molar-refractivity contribution in [1.82, 2.24) is 0 Å². The molecule has 1 fully saturated rings. The minimum atomic E-state index is -1.58. The van der Waals surface area contributed by atoms with Gasteiger partial charge in [0.25, 0.3) is 0 Å². The van der Waals surface area contributed by atoms with Gasteiger partial charge in [0.2, 0.25) is 3.79 Å². The number of benzene rings is 1. The van der Waals surface area contributed by atoms with E-state index in [4.69, 9.17) is 39.5 Å². The molecule has 0 spiro atoms. The highest BCUT2D eigenvalue weighted by Crippen LogP contribution is 2.40. The second kappa shape index (κ2) is 8.23. The van der Waals surface area contributed by atoms with Crippen molar-refractivity contribution in [3.63, 3.8) is 0 Å². The van der Waals surface area contributed by atoms with Crippen molar-refractivity contribution in [3.8, 4) is 0 Å². The Balaban J connectivity index is 2.21. The van der Waals surface area contributed by atoms with Gasteiger partial charge in [-0.25, -0.2) is 0 Å². The summed E-state index contributed by atoms with van der Waals surface area (Å²) in [5.41, 5.74) is 0.948. The summed E-state index contributed by atoms with van der Waals surface area (Å²) in [4.78, 5) is 12.6. The molecule has 1 aliphatic rings. The Morgan fingerprint density at radius 2 is 1.86 bits per heavy atom. The SMILES string of the molecule is O=C(OCC(Cl)(Cl)Cl)C(c1ccccc1Br)C1CCCCC1. The zero-order valence-corrected chi connectivity index (χ0v) is 15.9. The van der Waals surface area contributed by atoms with E-state index in [1.165, 1.54) is 6.42 Å². The van der Waals surface area contributed by atoms with Crippen molar-refractivity contribution in [2.24, 2.45) is 5.92 Å². The predicted octanol–water partition coefficient (Wildman–Crippen LogP) is 6.03. The molecule has 0 heterocycles. The van der Waals surface area contributed by atoms with Gasteiger partial charge in [-0.2, -0.15) is 0 Å². The summed E-state index contributed by atoms with van der Waals surface area (Å²) >= 11 is 20.6. The molecule has 2 rings (SSSR count). The number of esters is 1. The van der Waals surface area contributed by atoms with Crippen LogP contribution < -0.4 is 0 Å². The maximum Gasteiger partial charge on any atom is 0.313 e.